The summed E-state index contributed by atoms with van der Waals surface area (Å²) in [6.07, 6.45) is 4.34. The summed E-state index contributed by atoms with van der Waals surface area (Å²) in [5.41, 5.74) is 5.40. The van der Waals surface area contributed by atoms with Gasteiger partial charge in [0.15, 0.2) is 0 Å². The molecule has 0 unspecified atom stereocenters. The molecule has 92 valence electrons. The standard InChI is InChI=1S/C11H21N3OS/c1-13(7-6-10(12)16)11(15)8-14(2)9-4-3-5-9/h9H,3-8H2,1-2H3,(H2,12,16). The second kappa shape index (κ2) is 6.15. The minimum absolute atomic E-state index is 0.144. The smallest absolute Gasteiger partial charge is 0.236 e. The van der Waals surface area contributed by atoms with Crippen molar-refractivity contribution in [3.63, 3.8) is 0 Å². The van der Waals surface area contributed by atoms with Crippen LogP contribution >= 0.6 is 12.2 Å². The van der Waals surface area contributed by atoms with Crippen molar-refractivity contribution in [1.29, 1.82) is 0 Å². The van der Waals surface area contributed by atoms with Crippen LogP contribution in [0.15, 0.2) is 0 Å². The van der Waals surface area contributed by atoms with Crippen LogP contribution in [0, 0.1) is 0 Å². The molecule has 5 heteroatoms. The number of amides is 1. The first-order valence-electron chi connectivity index (χ1n) is 5.73. The minimum atomic E-state index is 0.144. The Kier molecular flexibility index (Phi) is 5.15. The maximum Gasteiger partial charge on any atom is 0.236 e. The zero-order valence-electron chi connectivity index (χ0n) is 10.1. The van der Waals surface area contributed by atoms with Crippen molar-refractivity contribution in [2.24, 2.45) is 5.73 Å². The topological polar surface area (TPSA) is 49.6 Å². The maximum absolute atomic E-state index is 11.8. The number of nitrogens with zero attached hydrogens (tertiary/aromatic N) is 2. The quantitative estimate of drug-likeness (QED) is 0.694. The van der Waals surface area contributed by atoms with Gasteiger partial charge in [0.25, 0.3) is 0 Å². The van der Waals surface area contributed by atoms with Gasteiger partial charge in [0.05, 0.1) is 11.5 Å². The molecule has 2 N–H and O–H groups in total. The number of nitrogens with two attached hydrogens (primary N) is 1. The van der Waals surface area contributed by atoms with E-state index in [2.05, 4.69) is 4.90 Å². The molecule has 0 heterocycles. The van der Waals surface area contributed by atoms with Crippen molar-refractivity contribution in [3.8, 4) is 0 Å². The van der Waals surface area contributed by atoms with E-state index >= 15 is 0 Å². The summed E-state index contributed by atoms with van der Waals surface area (Å²) in [5, 5.41) is 0. The van der Waals surface area contributed by atoms with Gasteiger partial charge in [0, 0.05) is 26.1 Å². The molecule has 4 nitrogen and oxygen atoms in total. The second-order valence-electron chi connectivity index (χ2n) is 4.53. The molecule has 16 heavy (non-hydrogen) atoms. The molecule has 0 aromatic rings. The van der Waals surface area contributed by atoms with Crippen molar-refractivity contribution in [1.82, 2.24) is 9.80 Å². The Morgan fingerprint density at radius 3 is 2.50 bits per heavy atom. The Hall–Kier alpha value is -0.680. The highest BCUT2D eigenvalue weighted by Crippen LogP contribution is 2.23. The lowest BCUT2D eigenvalue weighted by atomic mass is 9.92. The summed E-state index contributed by atoms with van der Waals surface area (Å²) in [6.45, 7) is 1.12. The fraction of sp³-hybridized carbons (Fsp3) is 0.818. The Bertz CT molecular complexity index is 266. The highest BCUT2D eigenvalue weighted by atomic mass is 32.1. The van der Waals surface area contributed by atoms with Gasteiger partial charge >= 0.3 is 0 Å². The summed E-state index contributed by atoms with van der Waals surface area (Å²) in [4.78, 5) is 16.1. The van der Waals surface area contributed by atoms with Gasteiger partial charge in [0.1, 0.15) is 0 Å². The van der Waals surface area contributed by atoms with E-state index in [1.807, 2.05) is 7.05 Å². The third-order valence-corrected chi connectivity index (χ3v) is 3.41. The number of thiocarbonyl (C=S) groups is 1. The number of likely N-dealkylation sites (N-methyl/N-ethyl adjacent to an activating group) is 2. The van der Waals surface area contributed by atoms with Crippen LogP contribution in [0.5, 0.6) is 0 Å². The number of rotatable bonds is 6. The molecule has 0 radical (unpaired) electrons. The first-order valence-corrected chi connectivity index (χ1v) is 6.14. The third-order valence-electron chi connectivity index (χ3n) is 3.20. The summed E-state index contributed by atoms with van der Waals surface area (Å²) >= 11 is 4.79. The lowest BCUT2D eigenvalue weighted by Crippen LogP contribution is -2.44. The molecule has 0 aromatic heterocycles. The molecule has 1 amide bonds. The third kappa shape index (κ3) is 4.06. The van der Waals surface area contributed by atoms with E-state index in [4.69, 9.17) is 18.0 Å². The molecule has 0 atom stereocenters. The summed E-state index contributed by atoms with van der Waals surface area (Å²) in [5.74, 6) is 0.144. The maximum atomic E-state index is 11.8. The molecule has 0 aromatic carbocycles. The molecule has 0 aliphatic heterocycles. The van der Waals surface area contributed by atoms with E-state index in [0.29, 0.717) is 30.5 Å². The normalized spacial score (nSPS) is 15.9. The Balaban J connectivity index is 2.24. The molecule has 1 aliphatic carbocycles. The van der Waals surface area contributed by atoms with Crippen molar-refractivity contribution in [3.05, 3.63) is 0 Å². The monoisotopic (exact) mass is 243 g/mol. The SMILES string of the molecule is CN(CCC(N)=S)C(=O)CN(C)C1CCC1. The molecule has 0 spiro atoms. The highest BCUT2D eigenvalue weighted by molar-refractivity contribution is 7.80. The minimum Gasteiger partial charge on any atom is -0.393 e. The average Bonchev–Trinajstić information content (AvgIpc) is 2.10. The number of carbonyl (C=O) groups excluding carboxylic acids is 1. The first kappa shape index (κ1) is 13.4. The van der Waals surface area contributed by atoms with Gasteiger partial charge < -0.3 is 10.6 Å². The fourth-order valence-corrected chi connectivity index (χ4v) is 1.78. The zero-order valence-corrected chi connectivity index (χ0v) is 10.9. The molecule has 1 aliphatic rings. The lowest BCUT2D eigenvalue weighted by molar-refractivity contribution is -0.131. The molecular formula is C11H21N3OS. The first-order chi connectivity index (χ1) is 7.50. The van der Waals surface area contributed by atoms with E-state index in [9.17, 15) is 4.79 Å². The number of carbonyl (C=O) groups is 1. The summed E-state index contributed by atoms with van der Waals surface area (Å²) in [7, 11) is 3.82. The fourth-order valence-electron chi connectivity index (χ4n) is 1.69. The van der Waals surface area contributed by atoms with E-state index in [-0.39, 0.29) is 5.91 Å². The molecule has 1 fully saturated rings. The van der Waals surface area contributed by atoms with Crippen LogP contribution in [-0.2, 0) is 4.79 Å². The molecule has 0 saturated heterocycles. The second-order valence-corrected chi connectivity index (χ2v) is 5.06. The van der Waals surface area contributed by atoms with Crippen molar-refractivity contribution >= 4 is 23.1 Å². The Morgan fingerprint density at radius 1 is 1.44 bits per heavy atom. The van der Waals surface area contributed by atoms with Crippen molar-refractivity contribution in [2.75, 3.05) is 27.2 Å². The van der Waals surface area contributed by atoms with Crippen LogP contribution in [0.1, 0.15) is 25.7 Å². The van der Waals surface area contributed by atoms with E-state index < -0.39 is 0 Å². The van der Waals surface area contributed by atoms with Crippen molar-refractivity contribution < 1.29 is 4.79 Å². The van der Waals surface area contributed by atoms with Crippen LogP contribution in [0.2, 0.25) is 0 Å². The predicted octanol–water partition coefficient (Wildman–Crippen LogP) is 0.605. The van der Waals surface area contributed by atoms with Crippen LogP contribution < -0.4 is 5.73 Å². The Labute approximate surface area is 103 Å². The van der Waals surface area contributed by atoms with Gasteiger partial charge in [-0.3, -0.25) is 9.69 Å². The number of hydrogen-bond acceptors (Lipinski definition) is 3. The molecule has 1 saturated carbocycles. The Morgan fingerprint density at radius 2 is 2.06 bits per heavy atom. The van der Waals surface area contributed by atoms with Crippen LogP contribution in [0.25, 0.3) is 0 Å². The molecular weight excluding hydrogens is 222 g/mol. The summed E-state index contributed by atoms with van der Waals surface area (Å²) < 4.78 is 0. The number of hydrogen-bond donors (Lipinski definition) is 1. The van der Waals surface area contributed by atoms with Gasteiger partial charge in [-0.2, -0.15) is 0 Å². The van der Waals surface area contributed by atoms with Crippen LogP contribution in [0.3, 0.4) is 0 Å². The predicted molar refractivity (Wildman–Crippen MR) is 69.3 cm³/mol. The van der Waals surface area contributed by atoms with Crippen LogP contribution in [-0.4, -0.2) is 53.9 Å². The van der Waals surface area contributed by atoms with Gasteiger partial charge in [0.2, 0.25) is 5.91 Å². The lowest BCUT2D eigenvalue weighted by Gasteiger charge is -2.35. The molecule has 1 rings (SSSR count). The zero-order chi connectivity index (χ0) is 12.1. The average molecular weight is 243 g/mol. The van der Waals surface area contributed by atoms with Gasteiger partial charge in [-0.05, 0) is 19.9 Å². The van der Waals surface area contributed by atoms with Gasteiger partial charge in [-0.15, -0.1) is 0 Å². The van der Waals surface area contributed by atoms with Gasteiger partial charge in [-0.25, -0.2) is 0 Å². The highest BCUT2D eigenvalue weighted by Gasteiger charge is 2.24. The van der Waals surface area contributed by atoms with Crippen LogP contribution in [0.4, 0.5) is 0 Å². The summed E-state index contributed by atoms with van der Waals surface area (Å²) in [6, 6.07) is 0.605. The van der Waals surface area contributed by atoms with E-state index in [1.165, 1.54) is 19.3 Å². The van der Waals surface area contributed by atoms with Gasteiger partial charge in [-0.1, -0.05) is 18.6 Å². The largest absolute Gasteiger partial charge is 0.393 e. The van der Waals surface area contributed by atoms with E-state index in [1.54, 1.807) is 11.9 Å². The van der Waals surface area contributed by atoms with Crippen molar-refractivity contribution in [2.45, 2.75) is 31.7 Å². The van der Waals surface area contributed by atoms with E-state index in [0.717, 1.165) is 0 Å². The molecule has 0 bridgehead atoms.